The van der Waals surface area contributed by atoms with Gasteiger partial charge in [-0.2, -0.15) is 0 Å². The van der Waals surface area contributed by atoms with Crippen LogP contribution in [-0.4, -0.2) is 61.8 Å². The van der Waals surface area contributed by atoms with Crippen LogP contribution in [0, 0.1) is 10.1 Å². The average molecular weight is 344 g/mol. The fourth-order valence-corrected chi connectivity index (χ4v) is 2.69. The Labute approximate surface area is 139 Å². The van der Waals surface area contributed by atoms with Gasteiger partial charge in [-0.1, -0.05) is 0 Å². The number of carbonyl (C=O) groups is 1. The van der Waals surface area contributed by atoms with Gasteiger partial charge in [-0.3, -0.25) is 14.5 Å². The van der Waals surface area contributed by atoms with Crippen LogP contribution in [0.4, 0.5) is 16.3 Å². The number of anilines is 1. The number of aromatic nitrogens is 5. The van der Waals surface area contributed by atoms with E-state index in [4.69, 9.17) is 0 Å². The minimum absolute atomic E-state index is 0.0576. The minimum Gasteiger partial charge on any atom is -0.453 e. The topological polar surface area (TPSA) is 141 Å². The van der Waals surface area contributed by atoms with Crippen molar-refractivity contribution in [1.82, 2.24) is 29.9 Å². The van der Waals surface area contributed by atoms with Crippen LogP contribution < -0.4 is 10.2 Å². The van der Waals surface area contributed by atoms with Crippen LogP contribution in [0.2, 0.25) is 0 Å². The van der Waals surface area contributed by atoms with E-state index in [0.29, 0.717) is 35.7 Å². The normalized spacial score (nSPS) is 14.5. The molecule has 1 saturated heterocycles. The number of rotatable bonds is 3. The Hall–Kier alpha value is -3.57. The molecule has 12 heteroatoms. The molecular formula is C13H12N8O4. The maximum absolute atomic E-state index is 11.2. The van der Waals surface area contributed by atoms with Crippen LogP contribution in [0.3, 0.4) is 0 Å². The van der Waals surface area contributed by atoms with Gasteiger partial charge in [0.15, 0.2) is 11.5 Å². The van der Waals surface area contributed by atoms with Crippen molar-refractivity contribution in [2.45, 2.75) is 6.04 Å². The lowest BCUT2D eigenvalue weighted by atomic mass is 10.1. The molecule has 25 heavy (non-hydrogen) atoms. The Kier molecular flexibility index (Phi) is 3.30. The number of pyridine rings is 1. The Morgan fingerprint density at radius 3 is 3.00 bits per heavy atom. The fraction of sp³-hybridized carbons (Fsp3) is 0.308. The lowest BCUT2D eigenvalue weighted by molar-refractivity contribution is -0.385. The minimum atomic E-state index is -0.519. The molecule has 0 bridgehead atoms. The summed E-state index contributed by atoms with van der Waals surface area (Å²) in [5.41, 5.74) is 1.12. The first-order chi connectivity index (χ1) is 12.1. The molecule has 1 amide bonds. The Balaban J connectivity index is 1.71. The molecule has 4 rings (SSSR count). The van der Waals surface area contributed by atoms with Gasteiger partial charge in [0.1, 0.15) is 18.0 Å². The van der Waals surface area contributed by atoms with Crippen LogP contribution in [0.1, 0.15) is 0 Å². The van der Waals surface area contributed by atoms with Crippen molar-refractivity contribution >= 4 is 34.4 Å². The number of amides is 1. The smallest absolute Gasteiger partial charge is 0.407 e. The van der Waals surface area contributed by atoms with E-state index < -0.39 is 11.0 Å². The molecule has 3 aromatic heterocycles. The summed E-state index contributed by atoms with van der Waals surface area (Å²) in [7, 11) is 1.31. The summed E-state index contributed by atoms with van der Waals surface area (Å²) in [5, 5.41) is 21.6. The van der Waals surface area contributed by atoms with Crippen molar-refractivity contribution in [3.8, 4) is 0 Å². The van der Waals surface area contributed by atoms with Crippen molar-refractivity contribution in [2.75, 3.05) is 25.1 Å². The summed E-state index contributed by atoms with van der Waals surface area (Å²) in [6, 6.07) is 1.32. The quantitative estimate of drug-likeness (QED) is 0.518. The van der Waals surface area contributed by atoms with E-state index in [1.54, 1.807) is 4.40 Å². The highest BCUT2D eigenvalue weighted by Gasteiger charge is 2.32. The Morgan fingerprint density at radius 1 is 1.48 bits per heavy atom. The average Bonchev–Trinajstić information content (AvgIpc) is 3.06. The number of fused-ring (bicyclic) bond motifs is 3. The number of hydrogen-bond donors (Lipinski definition) is 1. The lowest BCUT2D eigenvalue weighted by Gasteiger charge is -2.39. The number of alkyl carbamates (subject to hydrolysis) is 1. The number of methoxy groups -OCH3 is 1. The zero-order valence-corrected chi connectivity index (χ0v) is 13.0. The van der Waals surface area contributed by atoms with Crippen molar-refractivity contribution in [3.05, 3.63) is 28.7 Å². The third-order valence-electron chi connectivity index (χ3n) is 3.95. The Bertz CT molecular complexity index is 996. The summed E-state index contributed by atoms with van der Waals surface area (Å²) in [6.45, 7) is 1.06. The molecule has 0 saturated carbocycles. The van der Waals surface area contributed by atoms with Gasteiger partial charge in [-0.15, -0.1) is 10.2 Å². The molecule has 1 aliphatic rings. The van der Waals surface area contributed by atoms with E-state index in [-0.39, 0.29) is 11.7 Å². The van der Waals surface area contributed by atoms with Gasteiger partial charge in [-0.05, 0) is 0 Å². The van der Waals surface area contributed by atoms with E-state index in [9.17, 15) is 14.9 Å². The molecule has 0 aromatic carbocycles. The summed E-state index contributed by atoms with van der Waals surface area (Å²) in [5.74, 6) is 0.550. The van der Waals surface area contributed by atoms with Crippen LogP contribution >= 0.6 is 0 Å². The number of ether oxygens (including phenoxy) is 1. The van der Waals surface area contributed by atoms with E-state index in [2.05, 4.69) is 30.2 Å². The third kappa shape index (κ3) is 2.43. The predicted octanol–water partition coefficient (Wildman–Crippen LogP) is 0.125. The fourth-order valence-electron chi connectivity index (χ4n) is 2.69. The zero-order valence-electron chi connectivity index (χ0n) is 13.0. The van der Waals surface area contributed by atoms with Crippen LogP contribution in [-0.2, 0) is 4.74 Å². The second kappa shape index (κ2) is 5.51. The zero-order chi connectivity index (χ0) is 17.6. The number of nitro groups is 1. The van der Waals surface area contributed by atoms with Crippen molar-refractivity contribution < 1.29 is 14.5 Å². The molecular weight excluding hydrogens is 332 g/mol. The number of carbonyl (C=O) groups excluding carboxylic acids is 1. The highest BCUT2D eigenvalue weighted by Crippen LogP contribution is 2.27. The first-order valence-electron chi connectivity index (χ1n) is 7.30. The second-order valence-electron chi connectivity index (χ2n) is 5.49. The SMILES string of the molecule is COC(=O)NC1CN(c2nc3ncc([N+](=O)[O-])cc3n3cnnc23)C1. The molecule has 128 valence electrons. The molecule has 0 aliphatic carbocycles. The molecule has 1 N–H and O–H groups in total. The maximum Gasteiger partial charge on any atom is 0.407 e. The van der Waals surface area contributed by atoms with Gasteiger partial charge in [-0.25, -0.2) is 14.8 Å². The molecule has 1 fully saturated rings. The van der Waals surface area contributed by atoms with Crippen LogP contribution in [0.15, 0.2) is 18.6 Å². The second-order valence-corrected chi connectivity index (χ2v) is 5.49. The first-order valence-corrected chi connectivity index (χ1v) is 7.30. The molecule has 1 aliphatic heterocycles. The molecule has 0 spiro atoms. The largest absolute Gasteiger partial charge is 0.453 e. The molecule has 4 heterocycles. The molecule has 0 unspecified atom stereocenters. The van der Waals surface area contributed by atoms with Crippen LogP contribution in [0.25, 0.3) is 16.8 Å². The van der Waals surface area contributed by atoms with Gasteiger partial charge >= 0.3 is 6.09 Å². The van der Waals surface area contributed by atoms with Gasteiger partial charge in [0, 0.05) is 19.2 Å². The number of hydrogen-bond acceptors (Lipinski definition) is 9. The van der Waals surface area contributed by atoms with Gasteiger partial charge in [0.05, 0.1) is 18.1 Å². The Morgan fingerprint density at radius 2 is 2.28 bits per heavy atom. The van der Waals surface area contributed by atoms with Gasteiger partial charge in [0.25, 0.3) is 5.69 Å². The number of nitrogens with zero attached hydrogens (tertiary/aromatic N) is 7. The van der Waals surface area contributed by atoms with E-state index in [1.165, 1.54) is 19.5 Å². The number of nitrogens with one attached hydrogen (secondary N) is 1. The van der Waals surface area contributed by atoms with Gasteiger partial charge in [0.2, 0.25) is 5.65 Å². The molecule has 12 nitrogen and oxygen atoms in total. The van der Waals surface area contributed by atoms with Crippen molar-refractivity contribution in [1.29, 1.82) is 0 Å². The van der Waals surface area contributed by atoms with Crippen LogP contribution in [0.5, 0.6) is 0 Å². The predicted molar refractivity (Wildman–Crippen MR) is 84.3 cm³/mol. The van der Waals surface area contributed by atoms with E-state index in [0.717, 1.165) is 6.20 Å². The highest BCUT2D eigenvalue weighted by molar-refractivity contribution is 5.82. The van der Waals surface area contributed by atoms with E-state index in [1.807, 2.05) is 4.90 Å². The first kappa shape index (κ1) is 15.0. The van der Waals surface area contributed by atoms with E-state index >= 15 is 0 Å². The third-order valence-corrected chi connectivity index (χ3v) is 3.95. The maximum atomic E-state index is 11.2. The molecule has 0 atom stereocenters. The molecule has 0 radical (unpaired) electrons. The van der Waals surface area contributed by atoms with Crippen molar-refractivity contribution in [2.24, 2.45) is 0 Å². The standard InChI is InChI=1S/C13H12N8O4/c1-25-13(22)16-7-4-19(5-7)11-12-18-15-6-20(12)9-2-8(21(23)24)3-14-10(9)17-11/h2-3,6-7H,4-5H2,1H3,(H,16,22). The summed E-state index contributed by atoms with van der Waals surface area (Å²) in [6.07, 6.45) is 2.13. The lowest BCUT2D eigenvalue weighted by Crippen LogP contribution is -2.59. The molecule has 3 aromatic rings. The van der Waals surface area contributed by atoms with Crippen molar-refractivity contribution in [3.63, 3.8) is 0 Å². The summed E-state index contributed by atoms with van der Waals surface area (Å²) < 4.78 is 6.18. The monoisotopic (exact) mass is 344 g/mol. The highest BCUT2D eigenvalue weighted by atomic mass is 16.6. The summed E-state index contributed by atoms with van der Waals surface area (Å²) >= 11 is 0. The summed E-state index contributed by atoms with van der Waals surface area (Å²) in [4.78, 5) is 32.1. The van der Waals surface area contributed by atoms with Gasteiger partial charge < -0.3 is 15.0 Å².